The fourth-order valence-corrected chi connectivity index (χ4v) is 1.79. The van der Waals surface area contributed by atoms with Gasteiger partial charge in [0.05, 0.1) is 7.11 Å². The predicted octanol–water partition coefficient (Wildman–Crippen LogP) is 0.519. The van der Waals surface area contributed by atoms with E-state index in [0.29, 0.717) is 17.9 Å². The third kappa shape index (κ3) is 1.89. The van der Waals surface area contributed by atoms with Crippen LogP contribution in [-0.4, -0.2) is 24.1 Å². The van der Waals surface area contributed by atoms with Crippen molar-refractivity contribution in [2.24, 2.45) is 16.8 Å². The van der Waals surface area contributed by atoms with Crippen LogP contribution in [0, 0.1) is 5.92 Å². The van der Waals surface area contributed by atoms with Gasteiger partial charge in [-0.1, -0.05) is 17.3 Å². The molecule has 2 rings (SSSR count). The van der Waals surface area contributed by atoms with Gasteiger partial charge in [-0.3, -0.25) is 4.79 Å². The van der Waals surface area contributed by atoms with Gasteiger partial charge in [0.1, 0.15) is 5.92 Å². The first-order valence-corrected chi connectivity index (χ1v) is 5.02. The Morgan fingerprint density at radius 3 is 3.00 bits per heavy atom. The average molecular weight is 236 g/mol. The zero-order chi connectivity index (χ0) is 12.4. The van der Waals surface area contributed by atoms with Crippen LogP contribution in [0.5, 0.6) is 11.5 Å². The first-order valence-electron chi connectivity index (χ1n) is 5.02. The minimum absolute atomic E-state index is 0.102. The first kappa shape index (κ1) is 11.3. The molecule has 17 heavy (non-hydrogen) atoms. The van der Waals surface area contributed by atoms with Crippen molar-refractivity contribution < 1.29 is 19.5 Å². The van der Waals surface area contributed by atoms with Gasteiger partial charge in [-0.25, -0.2) is 0 Å². The summed E-state index contributed by atoms with van der Waals surface area (Å²) >= 11 is 0. The maximum atomic E-state index is 11.2. The molecule has 3 N–H and O–H groups in total. The van der Waals surface area contributed by atoms with Gasteiger partial charge >= 0.3 is 0 Å². The molecular weight excluding hydrogens is 224 g/mol. The number of methoxy groups -OCH3 is 1. The molecule has 0 aromatic heterocycles. The second kappa shape index (κ2) is 4.32. The molecule has 1 aromatic carbocycles. The van der Waals surface area contributed by atoms with Gasteiger partial charge in [0.25, 0.3) is 0 Å². The monoisotopic (exact) mass is 236 g/mol. The lowest BCUT2D eigenvalue weighted by Gasteiger charge is -2.24. The van der Waals surface area contributed by atoms with Gasteiger partial charge < -0.3 is 20.4 Å². The second-order valence-electron chi connectivity index (χ2n) is 3.65. The van der Waals surface area contributed by atoms with E-state index >= 15 is 0 Å². The molecule has 90 valence electrons. The van der Waals surface area contributed by atoms with Crippen molar-refractivity contribution in [1.29, 1.82) is 0 Å². The zero-order valence-corrected chi connectivity index (χ0v) is 9.21. The van der Waals surface area contributed by atoms with Crippen LogP contribution in [0.2, 0.25) is 0 Å². The molecule has 0 saturated heterocycles. The number of oxime groups is 1. The summed E-state index contributed by atoms with van der Waals surface area (Å²) in [6.07, 6.45) is 0.335. The molecule has 1 atom stereocenters. The molecule has 0 bridgehead atoms. The van der Waals surface area contributed by atoms with E-state index in [2.05, 4.69) is 5.16 Å². The van der Waals surface area contributed by atoms with Crippen molar-refractivity contribution in [3.05, 3.63) is 23.8 Å². The average Bonchev–Trinajstić information content (AvgIpc) is 2.36. The van der Waals surface area contributed by atoms with Gasteiger partial charge in [-0.2, -0.15) is 0 Å². The third-order valence-electron chi connectivity index (χ3n) is 2.65. The van der Waals surface area contributed by atoms with Crippen molar-refractivity contribution in [3.8, 4) is 11.5 Å². The van der Waals surface area contributed by atoms with Gasteiger partial charge in [0.15, 0.2) is 11.5 Å². The van der Waals surface area contributed by atoms with Crippen LogP contribution >= 0.6 is 0 Å². The number of carbonyl (C=O) groups excluding carboxylic acids is 1. The Bertz CT molecular complexity index is 484. The maximum Gasteiger partial charge on any atom is 0.244 e. The quantitative estimate of drug-likeness (QED) is 0.578. The minimum Gasteiger partial charge on any atom is -0.493 e. The molecule has 1 heterocycles. The number of nitrogens with zero attached hydrogens (tertiary/aromatic N) is 1. The lowest BCUT2D eigenvalue weighted by atomic mass is 9.95. The van der Waals surface area contributed by atoms with Crippen LogP contribution in [-0.2, 0) is 11.2 Å². The highest BCUT2D eigenvalue weighted by Crippen LogP contribution is 2.36. The number of fused-ring (bicyclic) bond motifs is 1. The highest BCUT2D eigenvalue weighted by molar-refractivity contribution is 6.01. The number of para-hydroxylation sites is 1. The summed E-state index contributed by atoms with van der Waals surface area (Å²) in [6.45, 7) is 0. The largest absolute Gasteiger partial charge is 0.493 e. The van der Waals surface area contributed by atoms with Crippen LogP contribution in [0.4, 0.5) is 0 Å². The predicted molar refractivity (Wildman–Crippen MR) is 59.2 cm³/mol. The molecule has 0 spiro atoms. The Morgan fingerprint density at radius 1 is 1.65 bits per heavy atom. The number of nitrogens with two attached hydrogens (primary N) is 1. The van der Waals surface area contributed by atoms with Crippen molar-refractivity contribution in [2.75, 3.05) is 7.11 Å². The summed E-state index contributed by atoms with van der Waals surface area (Å²) < 4.78 is 10.5. The molecule has 0 radical (unpaired) electrons. The Morgan fingerprint density at radius 2 is 2.41 bits per heavy atom. The molecule has 1 aliphatic heterocycles. The van der Waals surface area contributed by atoms with Crippen LogP contribution in [0.15, 0.2) is 23.4 Å². The Hall–Kier alpha value is -2.24. The fraction of sp³-hybridized carbons (Fsp3) is 0.273. The van der Waals surface area contributed by atoms with E-state index in [-0.39, 0.29) is 5.90 Å². The molecule has 1 amide bonds. The summed E-state index contributed by atoms with van der Waals surface area (Å²) in [6, 6.07) is 5.32. The fourth-order valence-electron chi connectivity index (χ4n) is 1.79. The number of rotatable bonds is 2. The number of hydrogen-bond donors (Lipinski definition) is 2. The van der Waals surface area contributed by atoms with E-state index in [1.54, 1.807) is 12.1 Å². The van der Waals surface area contributed by atoms with E-state index in [0.717, 1.165) is 5.56 Å². The topological polar surface area (TPSA) is 94.1 Å². The molecular formula is C11H12N2O4. The van der Waals surface area contributed by atoms with Crippen molar-refractivity contribution in [3.63, 3.8) is 0 Å². The van der Waals surface area contributed by atoms with Gasteiger partial charge in [-0.05, 0) is 12.5 Å². The molecule has 6 nitrogen and oxygen atoms in total. The van der Waals surface area contributed by atoms with Gasteiger partial charge in [0.2, 0.25) is 11.8 Å². The number of amides is 1. The molecule has 1 aliphatic rings. The lowest BCUT2D eigenvalue weighted by Crippen LogP contribution is -2.38. The van der Waals surface area contributed by atoms with Crippen molar-refractivity contribution in [1.82, 2.24) is 0 Å². The molecule has 1 aromatic rings. The van der Waals surface area contributed by atoms with Gasteiger partial charge in [0, 0.05) is 5.56 Å². The summed E-state index contributed by atoms with van der Waals surface area (Å²) in [7, 11) is 1.51. The zero-order valence-electron chi connectivity index (χ0n) is 9.21. The van der Waals surface area contributed by atoms with Crippen LogP contribution in [0.3, 0.4) is 0 Å². The molecule has 0 fully saturated rings. The van der Waals surface area contributed by atoms with E-state index in [9.17, 15) is 4.79 Å². The molecule has 0 aliphatic carbocycles. The smallest absolute Gasteiger partial charge is 0.244 e. The number of primary amides is 1. The summed E-state index contributed by atoms with van der Waals surface area (Å²) in [4.78, 5) is 11.2. The van der Waals surface area contributed by atoms with Gasteiger partial charge in [-0.15, -0.1) is 0 Å². The Kier molecular flexibility index (Phi) is 2.86. The Balaban J connectivity index is 2.46. The molecule has 0 unspecified atom stereocenters. The maximum absolute atomic E-state index is 11.2. The van der Waals surface area contributed by atoms with E-state index in [1.807, 2.05) is 6.07 Å². The van der Waals surface area contributed by atoms with Crippen molar-refractivity contribution in [2.45, 2.75) is 6.42 Å². The standard InChI is InChI=1S/C11H12N2O4/c1-16-8-4-2-3-6-5-7(10(12)14)11(13-15)17-9(6)8/h2-4,7,15H,5H2,1H3,(H2,12,14)/b13-11+/t7-/m1/s1. The van der Waals surface area contributed by atoms with E-state index in [1.165, 1.54) is 7.11 Å². The van der Waals surface area contributed by atoms with E-state index in [4.69, 9.17) is 20.4 Å². The summed E-state index contributed by atoms with van der Waals surface area (Å²) in [5, 5.41) is 11.8. The normalized spacial score (nSPS) is 20.5. The number of ether oxygens (including phenoxy) is 2. The first-order chi connectivity index (χ1) is 8.17. The molecule has 0 saturated carbocycles. The number of benzene rings is 1. The van der Waals surface area contributed by atoms with Crippen LogP contribution in [0.25, 0.3) is 0 Å². The number of hydrogen-bond acceptors (Lipinski definition) is 5. The highest BCUT2D eigenvalue weighted by Gasteiger charge is 2.33. The summed E-state index contributed by atoms with van der Waals surface area (Å²) in [5.41, 5.74) is 6.01. The minimum atomic E-state index is -0.750. The van der Waals surface area contributed by atoms with Crippen LogP contribution in [0.1, 0.15) is 5.56 Å². The van der Waals surface area contributed by atoms with Crippen molar-refractivity contribution >= 4 is 11.8 Å². The van der Waals surface area contributed by atoms with Crippen LogP contribution < -0.4 is 15.2 Å². The third-order valence-corrected chi connectivity index (χ3v) is 2.65. The SMILES string of the molecule is COc1cccc2c1O/C(=N/O)[C@@H](C(N)=O)C2. The summed E-state index contributed by atoms with van der Waals surface area (Å²) in [5.74, 6) is -0.466. The second-order valence-corrected chi connectivity index (χ2v) is 3.65. The molecule has 6 heteroatoms. The lowest BCUT2D eigenvalue weighted by molar-refractivity contribution is -0.120. The number of carbonyl (C=O) groups is 1. The Labute approximate surface area is 97.6 Å². The van der Waals surface area contributed by atoms with E-state index < -0.39 is 11.8 Å². The highest BCUT2D eigenvalue weighted by atomic mass is 16.5.